The van der Waals surface area contributed by atoms with Crippen LogP contribution < -0.4 is 15.4 Å². The average molecular weight is 292 g/mol. The van der Waals surface area contributed by atoms with E-state index in [1.54, 1.807) is 48.8 Å². The minimum absolute atomic E-state index is 0.294. The number of amides is 2. The van der Waals surface area contributed by atoms with E-state index in [0.717, 1.165) is 0 Å². The monoisotopic (exact) mass is 291 g/mol. The van der Waals surface area contributed by atoms with E-state index in [1.165, 1.54) is 0 Å². The highest BCUT2D eigenvalue weighted by atomic mass is 35.5. The zero-order valence-electron chi connectivity index (χ0n) is 10.7. The molecule has 0 radical (unpaired) electrons. The third-order valence-corrected chi connectivity index (χ3v) is 2.64. The Morgan fingerprint density at radius 3 is 2.75 bits per heavy atom. The normalized spacial score (nSPS) is 9.85. The quantitative estimate of drug-likeness (QED) is 0.833. The topological polar surface area (TPSA) is 63.2 Å². The highest BCUT2D eigenvalue weighted by Crippen LogP contribution is 2.15. The van der Waals surface area contributed by atoms with Crippen molar-refractivity contribution >= 4 is 23.3 Å². The van der Waals surface area contributed by atoms with Crippen molar-refractivity contribution in [3.63, 3.8) is 0 Å². The largest absolute Gasteiger partial charge is 0.492 e. The highest BCUT2D eigenvalue weighted by molar-refractivity contribution is 6.30. The second-order valence-corrected chi connectivity index (χ2v) is 4.36. The molecule has 0 aliphatic rings. The van der Waals surface area contributed by atoms with Gasteiger partial charge in [0.1, 0.15) is 12.4 Å². The molecule has 0 atom stereocenters. The van der Waals surface area contributed by atoms with Crippen molar-refractivity contribution < 1.29 is 9.53 Å². The van der Waals surface area contributed by atoms with Gasteiger partial charge in [0.2, 0.25) is 0 Å². The Kier molecular flexibility index (Phi) is 5.20. The number of carbonyl (C=O) groups is 1. The van der Waals surface area contributed by atoms with Crippen molar-refractivity contribution in [3.05, 3.63) is 53.8 Å². The van der Waals surface area contributed by atoms with Gasteiger partial charge in [0.15, 0.2) is 0 Å². The van der Waals surface area contributed by atoms with Gasteiger partial charge in [-0.15, -0.1) is 0 Å². The fourth-order valence-electron chi connectivity index (χ4n) is 1.48. The molecule has 0 saturated carbocycles. The molecular formula is C14H14ClN3O2. The van der Waals surface area contributed by atoms with Gasteiger partial charge in [-0.3, -0.25) is 4.98 Å². The second-order valence-electron chi connectivity index (χ2n) is 3.92. The summed E-state index contributed by atoms with van der Waals surface area (Å²) in [4.78, 5) is 15.4. The molecule has 0 bridgehead atoms. The summed E-state index contributed by atoms with van der Waals surface area (Å²) in [6, 6.07) is 10.3. The maximum Gasteiger partial charge on any atom is 0.319 e. The third-order valence-electron chi connectivity index (χ3n) is 2.39. The van der Waals surface area contributed by atoms with Crippen LogP contribution in [0.5, 0.6) is 5.75 Å². The minimum atomic E-state index is -0.294. The molecule has 1 aromatic carbocycles. The number of benzene rings is 1. The summed E-state index contributed by atoms with van der Waals surface area (Å²) in [5.74, 6) is 0.712. The standard InChI is InChI=1S/C14H14ClN3O2/c15-11-3-5-13(6-4-11)20-9-8-17-14(19)18-12-2-1-7-16-10-12/h1-7,10H,8-9H2,(H2,17,18,19). The van der Waals surface area contributed by atoms with Gasteiger partial charge in [0.25, 0.3) is 0 Å². The number of pyridine rings is 1. The van der Waals surface area contributed by atoms with Crippen LogP contribution in [-0.2, 0) is 0 Å². The van der Waals surface area contributed by atoms with Gasteiger partial charge in [0, 0.05) is 11.2 Å². The van der Waals surface area contributed by atoms with Gasteiger partial charge in [-0.1, -0.05) is 11.6 Å². The van der Waals surface area contributed by atoms with Crippen LogP contribution in [0.25, 0.3) is 0 Å². The van der Waals surface area contributed by atoms with E-state index in [4.69, 9.17) is 16.3 Å². The fraction of sp³-hybridized carbons (Fsp3) is 0.143. The SMILES string of the molecule is O=C(NCCOc1ccc(Cl)cc1)Nc1cccnc1. The van der Waals surface area contributed by atoms with Crippen molar-refractivity contribution in [2.75, 3.05) is 18.5 Å². The molecule has 0 aliphatic carbocycles. The summed E-state index contributed by atoms with van der Waals surface area (Å²) in [5.41, 5.74) is 0.642. The number of nitrogens with zero attached hydrogens (tertiary/aromatic N) is 1. The summed E-state index contributed by atoms with van der Waals surface area (Å²) in [5, 5.41) is 6.01. The van der Waals surface area contributed by atoms with Crippen LogP contribution in [0.15, 0.2) is 48.8 Å². The average Bonchev–Trinajstić information content (AvgIpc) is 2.46. The summed E-state index contributed by atoms with van der Waals surface area (Å²) >= 11 is 5.77. The smallest absolute Gasteiger partial charge is 0.319 e. The molecule has 0 saturated heterocycles. The summed E-state index contributed by atoms with van der Waals surface area (Å²) < 4.78 is 5.45. The van der Waals surface area contributed by atoms with Crippen LogP contribution in [0, 0.1) is 0 Å². The first kappa shape index (κ1) is 14.1. The van der Waals surface area contributed by atoms with E-state index in [2.05, 4.69) is 15.6 Å². The number of urea groups is 1. The highest BCUT2D eigenvalue weighted by Gasteiger charge is 2.00. The van der Waals surface area contributed by atoms with Crippen LogP contribution in [-0.4, -0.2) is 24.2 Å². The third kappa shape index (κ3) is 4.78. The Balaban J connectivity index is 1.66. The number of rotatable bonds is 5. The lowest BCUT2D eigenvalue weighted by atomic mass is 10.3. The first-order chi connectivity index (χ1) is 9.74. The number of hydrogen-bond acceptors (Lipinski definition) is 3. The molecule has 2 rings (SSSR count). The lowest BCUT2D eigenvalue weighted by Gasteiger charge is -2.08. The molecule has 5 nitrogen and oxygen atoms in total. The van der Waals surface area contributed by atoms with Crippen LogP contribution >= 0.6 is 11.6 Å². The summed E-state index contributed by atoms with van der Waals surface area (Å²) in [6.07, 6.45) is 3.22. The van der Waals surface area contributed by atoms with Crippen LogP contribution in [0.1, 0.15) is 0 Å². The lowest BCUT2D eigenvalue weighted by molar-refractivity contribution is 0.247. The van der Waals surface area contributed by atoms with Crippen LogP contribution in [0.4, 0.5) is 10.5 Å². The maximum absolute atomic E-state index is 11.5. The Bertz CT molecular complexity index is 546. The first-order valence-electron chi connectivity index (χ1n) is 6.07. The zero-order chi connectivity index (χ0) is 14.2. The van der Waals surface area contributed by atoms with Gasteiger partial charge in [-0.25, -0.2) is 4.79 Å². The van der Waals surface area contributed by atoms with Crippen LogP contribution in [0.3, 0.4) is 0 Å². The molecule has 2 amide bonds. The molecular weight excluding hydrogens is 278 g/mol. The summed E-state index contributed by atoms with van der Waals surface area (Å²) in [7, 11) is 0. The van der Waals surface area contributed by atoms with E-state index in [1.807, 2.05) is 0 Å². The molecule has 0 unspecified atom stereocenters. The van der Waals surface area contributed by atoms with E-state index >= 15 is 0 Å². The molecule has 6 heteroatoms. The van der Waals surface area contributed by atoms with Gasteiger partial charge in [-0.05, 0) is 36.4 Å². The van der Waals surface area contributed by atoms with Gasteiger partial charge in [-0.2, -0.15) is 0 Å². The van der Waals surface area contributed by atoms with E-state index < -0.39 is 0 Å². The molecule has 104 valence electrons. The molecule has 2 aromatic rings. The van der Waals surface area contributed by atoms with Gasteiger partial charge >= 0.3 is 6.03 Å². The molecule has 1 heterocycles. The Hall–Kier alpha value is -2.27. The Morgan fingerprint density at radius 1 is 1.25 bits per heavy atom. The van der Waals surface area contributed by atoms with E-state index in [-0.39, 0.29) is 6.03 Å². The molecule has 1 aromatic heterocycles. The number of ether oxygens (including phenoxy) is 1. The molecule has 20 heavy (non-hydrogen) atoms. The summed E-state index contributed by atoms with van der Waals surface area (Å²) in [6.45, 7) is 0.775. The number of carbonyl (C=O) groups excluding carboxylic acids is 1. The number of nitrogens with one attached hydrogen (secondary N) is 2. The van der Waals surface area contributed by atoms with Crippen molar-refractivity contribution in [3.8, 4) is 5.75 Å². The van der Waals surface area contributed by atoms with Crippen molar-refractivity contribution in [1.29, 1.82) is 0 Å². The predicted molar refractivity (Wildman–Crippen MR) is 78.2 cm³/mol. The molecule has 0 fully saturated rings. The second kappa shape index (κ2) is 7.35. The molecule has 0 aliphatic heterocycles. The Labute approximate surface area is 121 Å². The van der Waals surface area contributed by atoms with Gasteiger partial charge in [0.05, 0.1) is 18.4 Å². The number of halogens is 1. The number of hydrogen-bond donors (Lipinski definition) is 2. The van der Waals surface area contributed by atoms with Crippen molar-refractivity contribution in [2.45, 2.75) is 0 Å². The predicted octanol–water partition coefficient (Wildman–Crippen LogP) is 2.94. The maximum atomic E-state index is 11.5. The van der Waals surface area contributed by atoms with E-state index in [0.29, 0.717) is 29.6 Å². The zero-order valence-corrected chi connectivity index (χ0v) is 11.4. The van der Waals surface area contributed by atoms with E-state index in [9.17, 15) is 4.79 Å². The van der Waals surface area contributed by atoms with Crippen molar-refractivity contribution in [1.82, 2.24) is 10.3 Å². The van der Waals surface area contributed by atoms with Crippen LogP contribution in [0.2, 0.25) is 5.02 Å². The van der Waals surface area contributed by atoms with Gasteiger partial charge < -0.3 is 15.4 Å². The number of aromatic nitrogens is 1. The Morgan fingerprint density at radius 2 is 2.05 bits per heavy atom. The molecule has 0 spiro atoms. The molecule has 2 N–H and O–H groups in total. The number of anilines is 1. The van der Waals surface area contributed by atoms with Crippen molar-refractivity contribution in [2.24, 2.45) is 0 Å². The minimum Gasteiger partial charge on any atom is -0.492 e. The first-order valence-corrected chi connectivity index (χ1v) is 6.45. The lowest BCUT2D eigenvalue weighted by Crippen LogP contribution is -2.32. The fourth-order valence-corrected chi connectivity index (χ4v) is 1.60.